The summed E-state index contributed by atoms with van der Waals surface area (Å²) in [6.45, 7) is 15.9. The number of rotatable bonds is 10. The minimum Gasteiger partial charge on any atom is -0.468 e. The molecule has 2 aromatic carbocycles. The predicted molar refractivity (Wildman–Crippen MR) is 167 cm³/mol. The van der Waals surface area contributed by atoms with E-state index < -0.39 is 47.9 Å². The van der Waals surface area contributed by atoms with Crippen LogP contribution in [0.5, 0.6) is 0 Å². The molecule has 1 aromatic heterocycles. The third-order valence-electron chi connectivity index (χ3n) is 8.53. The van der Waals surface area contributed by atoms with Crippen LogP contribution in [0.3, 0.4) is 0 Å². The molecule has 2 unspecified atom stereocenters. The molecule has 0 N–H and O–H groups in total. The number of hydrogen-bond donors (Lipinski definition) is 0. The van der Waals surface area contributed by atoms with E-state index in [0.29, 0.717) is 10.9 Å². The van der Waals surface area contributed by atoms with Gasteiger partial charge in [-0.2, -0.15) is 0 Å². The molecule has 0 spiro atoms. The first-order valence-corrected chi connectivity index (χ1v) is 18.5. The van der Waals surface area contributed by atoms with Crippen LogP contribution in [0.15, 0.2) is 72.1 Å². The summed E-state index contributed by atoms with van der Waals surface area (Å²) in [7, 11) is -5.28. The second-order valence-corrected chi connectivity index (χ2v) is 19.1. The van der Waals surface area contributed by atoms with Gasteiger partial charge in [-0.05, 0) is 49.3 Å². The minimum atomic E-state index is -4.21. The van der Waals surface area contributed by atoms with Gasteiger partial charge >= 0.3 is 11.9 Å². The van der Waals surface area contributed by atoms with E-state index >= 15 is 0 Å². The fourth-order valence-electron chi connectivity index (χ4n) is 5.09. The maximum Gasteiger partial charge on any atom is 0.327 e. The molecule has 9 nitrogen and oxygen atoms in total. The van der Waals surface area contributed by atoms with Crippen molar-refractivity contribution >= 4 is 41.2 Å². The number of carbonyl (C=O) groups is 2. The van der Waals surface area contributed by atoms with Crippen molar-refractivity contribution in [1.29, 1.82) is 0 Å². The number of aryl methyl sites for hydroxylation is 1. The fourth-order valence-corrected chi connectivity index (χ4v) is 7.67. The number of hydrogen-bond acceptors (Lipinski definition) is 8. The SMILES string of the molecule is C=CCOC(=O)C1(C(=O)OC)C[C@H](CO[Si](C)(C)C(C)(C)C)OC1c1cc2ccccc2n1S(=O)(=O)c1ccc(C)cc1. The number of esters is 2. The zero-order valence-corrected chi connectivity index (χ0v) is 27.7. The van der Waals surface area contributed by atoms with Gasteiger partial charge in [0.05, 0.1) is 35.9 Å². The monoisotopic (exact) mass is 627 g/mol. The van der Waals surface area contributed by atoms with Crippen molar-refractivity contribution < 1.29 is 36.6 Å². The normalized spacial score (nSPS) is 21.1. The summed E-state index contributed by atoms with van der Waals surface area (Å²) in [5.41, 5.74) is -0.623. The maximum absolute atomic E-state index is 14.3. The quantitative estimate of drug-likeness (QED) is 0.118. The number of aromatic nitrogens is 1. The summed E-state index contributed by atoms with van der Waals surface area (Å²) in [6, 6.07) is 15.1. The summed E-state index contributed by atoms with van der Waals surface area (Å²) in [5.74, 6) is -1.77. The topological polar surface area (TPSA) is 110 Å². The highest BCUT2D eigenvalue weighted by Crippen LogP contribution is 2.52. The van der Waals surface area contributed by atoms with Crippen molar-refractivity contribution in [2.45, 2.75) is 69.4 Å². The van der Waals surface area contributed by atoms with Gasteiger partial charge in [-0.3, -0.25) is 9.59 Å². The highest BCUT2D eigenvalue weighted by atomic mass is 32.2. The van der Waals surface area contributed by atoms with E-state index in [4.69, 9.17) is 18.6 Å². The van der Waals surface area contributed by atoms with Gasteiger partial charge in [-0.15, -0.1) is 0 Å². The average molecular weight is 628 g/mol. The van der Waals surface area contributed by atoms with Crippen molar-refractivity contribution in [3.8, 4) is 0 Å². The first-order chi connectivity index (χ1) is 20.1. The van der Waals surface area contributed by atoms with Crippen LogP contribution in [-0.2, 0) is 38.2 Å². The number of fused-ring (bicyclic) bond motifs is 1. The lowest BCUT2D eigenvalue weighted by atomic mass is 9.78. The van der Waals surface area contributed by atoms with Crippen LogP contribution in [0.1, 0.15) is 44.6 Å². The number of para-hydroxylation sites is 1. The Morgan fingerprint density at radius 2 is 1.77 bits per heavy atom. The van der Waals surface area contributed by atoms with Crippen LogP contribution >= 0.6 is 0 Å². The molecule has 11 heteroatoms. The molecular formula is C32H41NO8SSi. The van der Waals surface area contributed by atoms with Crippen LogP contribution in [0.2, 0.25) is 18.1 Å². The van der Waals surface area contributed by atoms with E-state index in [1.165, 1.54) is 25.3 Å². The van der Waals surface area contributed by atoms with Crippen molar-refractivity contribution in [3.63, 3.8) is 0 Å². The smallest absolute Gasteiger partial charge is 0.327 e. The number of carbonyl (C=O) groups excluding carboxylic acids is 2. The Bertz CT molecular complexity index is 1620. The van der Waals surface area contributed by atoms with Gasteiger partial charge in [0.15, 0.2) is 13.7 Å². The lowest BCUT2D eigenvalue weighted by Crippen LogP contribution is -2.45. The third-order valence-corrected chi connectivity index (χ3v) is 14.8. The number of nitrogens with zero attached hydrogens (tertiary/aromatic N) is 1. The molecule has 1 aliphatic heterocycles. The van der Waals surface area contributed by atoms with Gasteiger partial charge in [0, 0.05) is 11.8 Å². The average Bonchev–Trinajstić information content (AvgIpc) is 3.54. The summed E-state index contributed by atoms with van der Waals surface area (Å²) < 4.78 is 53.3. The molecule has 1 fully saturated rings. The van der Waals surface area contributed by atoms with E-state index in [0.717, 1.165) is 9.54 Å². The maximum atomic E-state index is 14.3. The first kappa shape index (κ1) is 32.7. The second kappa shape index (κ2) is 12.0. The molecule has 3 atom stereocenters. The summed E-state index contributed by atoms with van der Waals surface area (Å²) in [4.78, 5) is 27.6. The zero-order valence-electron chi connectivity index (χ0n) is 25.9. The molecule has 0 bridgehead atoms. The molecule has 232 valence electrons. The van der Waals surface area contributed by atoms with Gasteiger partial charge < -0.3 is 18.6 Å². The Hall–Kier alpha value is -3.25. The fraction of sp³-hybridized carbons (Fsp3) is 0.438. The zero-order chi connectivity index (χ0) is 31.8. The van der Waals surface area contributed by atoms with Crippen LogP contribution in [0, 0.1) is 12.3 Å². The van der Waals surface area contributed by atoms with Gasteiger partial charge in [-0.1, -0.05) is 69.3 Å². The molecule has 2 heterocycles. The van der Waals surface area contributed by atoms with Gasteiger partial charge in [0.25, 0.3) is 10.0 Å². The number of benzene rings is 2. The van der Waals surface area contributed by atoms with Crippen LogP contribution in [-0.4, -0.2) is 59.1 Å². The van der Waals surface area contributed by atoms with Crippen LogP contribution in [0.4, 0.5) is 0 Å². The molecule has 4 rings (SSSR count). The van der Waals surface area contributed by atoms with Crippen molar-refractivity contribution in [1.82, 2.24) is 3.97 Å². The first-order valence-electron chi connectivity index (χ1n) is 14.2. The number of methoxy groups -OCH3 is 1. The van der Waals surface area contributed by atoms with Crippen molar-refractivity contribution in [2.24, 2.45) is 5.41 Å². The van der Waals surface area contributed by atoms with Gasteiger partial charge in [0.2, 0.25) is 0 Å². The Morgan fingerprint density at radius 1 is 1.12 bits per heavy atom. The molecule has 0 saturated carbocycles. The van der Waals surface area contributed by atoms with Crippen LogP contribution in [0.25, 0.3) is 10.9 Å². The Balaban J connectivity index is 1.93. The Labute approximate surface area is 255 Å². The molecule has 0 radical (unpaired) electrons. The Morgan fingerprint density at radius 3 is 2.37 bits per heavy atom. The van der Waals surface area contributed by atoms with E-state index in [-0.39, 0.29) is 35.3 Å². The lowest BCUT2D eigenvalue weighted by molar-refractivity contribution is -0.175. The third kappa shape index (κ3) is 5.95. The van der Waals surface area contributed by atoms with E-state index in [9.17, 15) is 18.0 Å². The predicted octanol–water partition coefficient (Wildman–Crippen LogP) is 5.93. The molecule has 43 heavy (non-hydrogen) atoms. The van der Waals surface area contributed by atoms with E-state index in [2.05, 4.69) is 40.4 Å². The van der Waals surface area contributed by atoms with Crippen molar-refractivity contribution in [2.75, 3.05) is 20.3 Å². The molecule has 1 saturated heterocycles. The largest absolute Gasteiger partial charge is 0.468 e. The van der Waals surface area contributed by atoms with E-state index in [1.807, 2.05) is 6.92 Å². The molecule has 3 aromatic rings. The minimum absolute atomic E-state index is 0.0504. The highest BCUT2D eigenvalue weighted by Gasteiger charge is 2.63. The summed E-state index contributed by atoms with van der Waals surface area (Å²) in [5, 5.41) is 0.498. The van der Waals surface area contributed by atoms with Gasteiger partial charge in [-0.25, -0.2) is 12.4 Å². The Kier molecular flexibility index (Phi) is 9.14. The number of ether oxygens (including phenoxy) is 3. The summed E-state index contributed by atoms with van der Waals surface area (Å²) in [6.07, 6.45) is -0.827. The summed E-state index contributed by atoms with van der Waals surface area (Å²) >= 11 is 0. The molecule has 1 aliphatic rings. The van der Waals surface area contributed by atoms with Crippen LogP contribution < -0.4 is 0 Å². The lowest BCUT2D eigenvalue weighted by Gasteiger charge is -2.36. The van der Waals surface area contributed by atoms with Gasteiger partial charge in [0.1, 0.15) is 12.7 Å². The molecule has 0 aliphatic carbocycles. The van der Waals surface area contributed by atoms with E-state index in [1.54, 1.807) is 42.5 Å². The van der Waals surface area contributed by atoms with Crippen molar-refractivity contribution in [3.05, 3.63) is 78.5 Å². The second-order valence-electron chi connectivity index (χ2n) is 12.5. The standard InChI is InChI=1S/C32H41NO8SSi/c1-9-18-39-30(35)32(29(34)38-6)20-24(21-40-43(7,8)31(3,4)5)41-28(32)27-19-23-12-10-11-13-26(23)33(27)42(36,37)25-16-14-22(2)15-17-25/h9-17,19,24,28H,1,18,20-21H2,2-8H3/t24-,28?,32?/m1/s1. The highest BCUT2D eigenvalue weighted by molar-refractivity contribution is 7.90. The molecular weight excluding hydrogens is 587 g/mol. The molecule has 0 amide bonds.